The molecular formula is C23H21N3O4. The number of ether oxygens (including phenoxy) is 2. The summed E-state index contributed by atoms with van der Waals surface area (Å²) in [6.07, 6.45) is 6.74. The Labute approximate surface area is 172 Å². The summed E-state index contributed by atoms with van der Waals surface area (Å²) in [6.45, 7) is 1.89. The lowest BCUT2D eigenvalue weighted by Crippen LogP contribution is -2.19. The van der Waals surface area contributed by atoms with E-state index in [0.29, 0.717) is 16.7 Å². The molecule has 0 spiro atoms. The van der Waals surface area contributed by atoms with Crippen LogP contribution in [0.3, 0.4) is 0 Å². The summed E-state index contributed by atoms with van der Waals surface area (Å²) < 4.78 is 12.6. The predicted molar refractivity (Wildman–Crippen MR) is 113 cm³/mol. The van der Waals surface area contributed by atoms with Crippen molar-refractivity contribution in [1.82, 2.24) is 14.5 Å². The Kier molecular flexibility index (Phi) is 5.34. The Bertz CT molecular complexity index is 1230. The molecule has 0 saturated carbocycles. The summed E-state index contributed by atoms with van der Waals surface area (Å²) in [5.74, 6) is -0.110. The monoisotopic (exact) mass is 403 g/mol. The first-order valence-corrected chi connectivity index (χ1v) is 9.56. The third-order valence-corrected chi connectivity index (χ3v) is 4.96. The lowest BCUT2D eigenvalue weighted by atomic mass is 9.96. The summed E-state index contributed by atoms with van der Waals surface area (Å²) in [5, 5.41) is 0.360. The summed E-state index contributed by atoms with van der Waals surface area (Å²) >= 11 is 0. The Hall–Kier alpha value is -3.87. The minimum absolute atomic E-state index is 0.0339. The largest absolute Gasteiger partial charge is 0.496 e. The summed E-state index contributed by atoms with van der Waals surface area (Å²) in [7, 11) is 1.56. The lowest BCUT2D eigenvalue weighted by Gasteiger charge is -2.22. The Balaban J connectivity index is 1.93. The third-order valence-electron chi connectivity index (χ3n) is 4.96. The molecule has 0 aliphatic carbocycles. The molecule has 7 heteroatoms. The molecule has 0 radical (unpaired) electrons. The van der Waals surface area contributed by atoms with E-state index in [0.717, 1.165) is 11.1 Å². The van der Waals surface area contributed by atoms with Crippen molar-refractivity contribution in [1.29, 1.82) is 0 Å². The van der Waals surface area contributed by atoms with Gasteiger partial charge in [-0.05, 0) is 24.6 Å². The number of aromatic nitrogens is 3. The van der Waals surface area contributed by atoms with Gasteiger partial charge in [0.25, 0.3) is 0 Å². The van der Waals surface area contributed by atoms with E-state index in [1.54, 1.807) is 32.6 Å². The van der Waals surface area contributed by atoms with Crippen LogP contribution in [-0.2, 0) is 4.74 Å². The molecule has 0 aliphatic heterocycles. The summed E-state index contributed by atoms with van der Waals surface area (Å²) in [4.78, 5) is 32.2. The fourth-order valence-electron chi connectivity index (χ4n) is 3.59. The number of aromatic amines is 1. The molecule has 0 bridgehead atoms. The Morgan fingerprint density at radius 1 is 1.23 bits per heavy atom. The average molecular weight is 403 g/mol. The highest BCUT2D eigenvalue weighted by Crippen LogP contribution is 2.35. The van der Waals surface area contributed by atoms with Crippen molar-refractivity contribution in [3.63, 3.8) is 0 Å². The van der Waals surface area contributed by atoms with Gasteiger partial charge in [-0.2, -0.15) is 0 Å². The molecule has 7 nitrogen and oxygen atoms in total. The molecule has 0 saturated heterocycles. The van der Waals surface area contributed by atoms with Crippen LogP contribution >= 0.6 is 0 Å². The summed E-state index contributed by atoms with van der Waals surface area (Å²) in [5.41, 5.74) is 2.07. The number of esters is 1. The second kappa shape index (κ2) is 8.24. The number of fused-ring (bicyclic) bond motifs is 1. The maximum Gasteiger partial charge on any atom is 0.343 e. The van der Waals surface area contributed by atoms with Gasteiger partial charge < -0.3 is 19.0 Å². The van der Waals surface area contributed by atoms with E-state index in [-0.39, 0.29) is 18.2 Å². The maximum absolute atomic E-state index is 12.9. The molecule has 2 aromatic heterocycles. The van der Waals surface area contributed by atoms with Gasteiger partial charge in [-0.25, -0.2) is 9.78 Å². The second-order valence-electron chi connectivity index (χ2n) is 6.71. The van der Waals surface area contributed by atoms with Gasteiger partial charge in [0.1, 0.15) is 11.3 Å². The van der Waals surface area contributed by atoms with Gasteiger partial charge in [0.15, 0.2) is 0 Å². The number of pyridine rings is 1. The van der Waals surface area contributed by atoms with Crippen LogP contribution < -0.4 is 10.2 Å². The number of hydrogen-bond acceptors (Lipinski definition) is 5. The van der Waals surface area contributed by atoms with Crippen LogP contribution in [0.25, 0.3) is 10.9 Å². The van der Waals surface area contributed by atoms with Crippen molar-refractivity contribution in [2.45, 2.75) is 13.0 Å². The van der Waals surface area contributed by atoms with Crippen molar-refractivity contribution in [2.75, 3.05) is 13.7 Å². The van der Waals surface area contributed by atoms with Crippen LogP contribution in [0.4, 0.5) is 0 Å². The SMILES string of the molecule is CCOC(=O)c1c[nH]c2cc(C(c3ccccc3)n3ccnc3)c(OC)cc2c1=O. The normalized spacial score (nSPS) is 11.9. The molecule has 2 heterocycles. The first-order chi connectivity index (χ1) is 14.6. The Morgan fingerprint density at radius 2 is 2.03 bits per heavy atom. The van der Waals surface area contributed by atoms with Crippen LogP contribution in [0, 0.1) is 0 Å². The first kappa shape index (κ1) is 19.4. The van der Waals surface area contributed by atoms with Gasteiger partial charge in [0.05, 0.1) is 31.5 Å². The van der Waals surface area contributed by atoms with Crippen LogP contribution in [-0.4, -0.2) is 34.2 Å². The smallest absolute Gasteiger partial charge is 0.343 e. The van der Waals surface area contributed by atoms with Gasteiger partial charge in [0, 0.05) is 29.7 Å². The molecule has 0 amide bonds. The van der Waals surface area contributed by atoms with Crippen molar-refractivity contribution < 1.29 is 14.3 Å². The summed E-state index contributed by atoms with van der Waals surface area (Å²) in [6, 6.07) is 13.3. The number of nitrogens with zero attached hydrogens (tertiary/aromatic N) is 2. The van der Waals surface area contributed by atoms with E-state index in [4.69, 9.17) is 9.47 Å². The van der Waals surface area contributed by atoms with Crippen LogP contribution in [0.1, 0.15) is 34.5 Å². The first-order valence-electron chi connectivity index (χ1n) is 9.56. The van der Waals surface area contributed by atoms with Crippen molar-refractivity contribution in [3.8, 4) is 5.75 Å². The van der Waals surface area contributed by atoms with E-state index in [1.807, 2.05) is 47.2 Å². The zero-order valence-corrected chi connectivity index (χ0v) is 16.7. The fourth-order valence-corrected chi connectivity index (χ4v) is 3.59. The molecule has 4 aromatic rings. The zero-order valence-electron chi connectivity index (χ0n) is 16.7. The lowest BCUT2D eigenvalue weighted by molar-refractivity contribution is 0.0524. The number of imidazole rings is 1. The maximum atomic E-state index is 12.9. The standard InChI is InChI=1S/C23H21N3O4/c1-3-30-23(28)18-13-25-19-11-17(20(29-2)12-16(19)22(18)27)21(26-10-9-24-14-26)15-7-5-4-6-8-15/h4-14,21H,3H2,1-2H3,(H,25,27). The number of methoxy groups -OCH3 is 1. The van der Waals surface area contributed by atoms with E-state index in [1.165, 1.54) is 6.20 Å². The van der Waals surface area contributed by atoms with Crippen molar-refractivity contribution >= 4 is 16.9 Å². The number of benzene rings is 2. The van der Waals surface area contributed by atoms with Gasteiger partial charge >= 0.3 is 5.97 Å². The number of nitrogens with one attached hydrogen (secondary N) is 1. The second-order valence-corrected chi connectivity index (χ2v) is 6.71. The molecule has 152 valence electrons. The Morgan fingerprint density at radius 3 is 2.70 bits per heavy atom. The fraction of sp³-hybridized carbons (Fsp3) is 0.174. The van der Waals surface area contributed by atoms with Crippen molar-refractivity contribution in [2.24, 2.45) is 0 Å². The average Bonchev–Trinajstić information content (AvgIpc) is 3.29. The topological polar surface area (TPSA) is 86.2 Å². The zero-order chi connectivity index (χ0) is 21.1. The number of carbonyl (C=O) groups excluding carboxylic acids is 1. The molecular weight excluding hydrogens is 382 g/mol. The molecule has 1 unspecified atom stereocenters. The molecule has 1 atom stereocenters. The highest BCUT2D eigenvalue weighted by atomic mass is 16.5. The molecule has 0 fully saturated rings. The molecule has 1 N–H and O–H groups in total. The van der Waals surface area contributed by atoms with Crippen LogP contribution in [0.2, 0.25) is 0 Å². The van der Waals surface area contributed by atoms with Gasteiger partial charge in [0.2, 0.25) is 5.43 Å². The number of hydrogen-bond donors (Lipinski definition) is 1. The van der Waals surface area contributed by atoms with Crippen LogP contribution in [0.5, 0.6) is 5.75 Å². The van der Waals surface area contributed by atoms with Gasteiger partial charge in [-0.3, -0.25) is 4.79 Å². The molecule has 4 rings (SSSR count). The quantitative estimate of drug-likeness (QED) is 0.498. The van der Waals surface area contributed by atoms with E-state index in [9.17, 15) is 9.59 Å². The minimum Gasteiger partial charge on any atom is -0.496 e. The number of carbonyl (C=O) groups is 1. The predicted octanol–water partition coefficient (Wildman–Crippen LogP) is 3.55. The van der Waals surface area contributed by atoms with E-state index >= 15 is 0 Å². The third kappa shape index (κ3) is 3.45. The number of rotatable bonds is 6. The van der Waals surface area contributed by atoms with Crippen LogP contribution in [0.15, 0.2) is 72.2 Å². The molecule has 2 aromatic carbocycles. The highest BCUT2D eigenvalue weighted by Gasteiger charge is 2.22. The minimum atomic E-state index is -0.649. The van der Waals surface area contributed by atoms with E-state index < -0.39 is 11.4 Å². The van der Waals surface area contributed by atoms with E-state index in [2.05, 4.69) is 9.97 Å². The van der Waals surface area contributed by atoms with Crippen molar-refractivity contribution in [3.05, 3.63) is 94.3 Å². The molecule has 0 aliphatic rings. The number of H-pyrrole nitrogens is 1. The highest BCUT2D eigenvalue weighted by molar-refractivity contribution is 5.94. The van der Waals surface area contributed by atoms with Gasteiger partial charge in [-0.15, -0.1) is 0 Å². The van der Waals surface area contributed by atoms with Gasteiger partial charge in [-0.1, -0.05) is 30.3 Å². The molecule has 30 heavy (non-hydrogen) atoms.